The van der Waals surface area contributed by atoms with E-state index in [0.29, 0.717) is 0 Å². The molecule has 0 saturated carbocycles. The molecule has 0 atom stereocenters. The van der Waals surface area contributed by atoms with Crippen LogP contribution in [0.2, 0.25) is 0 Å². The average molecular weight is 255 g/mol. The van der Waals surface area contributed by atoms with E-state index in [0.717, 1.165) is 0 Å². The molecule has 0 bridgehead atoms. The maximum absolute atomic E-state index is 9.63. The van der Waals surface area contributed by atoms with Gasteiger partial charge in [0.1, 0.15) is 0 Å². The van der Waals surface area contributed by atoms with Crippen molar-refractivity contribution in [3.8, 4) is 0 Å². The summed E-state index contributed by atoms with van der Waals surface area (Å²) in [5, 5.41) is 0. The van der Waals surface area contributed by atoms with Crippen LogP contribution in [0.1, 0.15) is 1.43 Å². The van der Waals surface area contributed by atoms with Gasteiger partial charge in [0.2, 0.25) is 0 Å². The Morgan fingerprint density at radius 3 is 1.18 bits per heavy atom. The molecule has 0 aromatic rings. The normalized spacial score (nSPS) is 11.3. The van der Waals surface area contributed by atoms with Crippen LogP contribution in [0.15, 0.2) is 0 Å². The van der Waals surface area contributed by atoms with E-state index >= 15 is 0 Å². The van der Waals surface area contributed by atoms with Crippen molar-refractivity contribution < 1.29 is 85.8 Å². The summed E-state index contributed by atoms with van der Waals surface area (Å²) in [6, 6.07) is 0. The van der Waals surface area contributed by atoms with Crippen molar-refractivity contribution in [2.75, 3.05) is 0 Å². The number of hydrogen-bond donors (Lipinski definition) is 4. The first-order valence-corrected chi connectivity index (χ1v) is 4.59. The molecule has 0 spiro atoms. The van der Waals surface area contributed by atoms with Crippen molar-refractivity contribution in [3.05, 3.63) is 0 Å². The predicted molar refractivity (Wildman–Crippen MR) is 33.5 cm³/mol. The number of phosphoric acid groups is 2. The molecule has 11 heteroatoms. The summed E-state index contributed by atoms with van der Waals surface area (Å²) in [4.78, 5) is 31.0. The zero-order valence-corrected chi connectivity index (χ0v) is 11.0. The SMILES string of the molecule is Cl.O=P(O)(O)OP(=O)(O)O.[H-].[K+]. The van der Waals surface area contributed by atoms with Crippen molar-refractivity contribution >= 4 is 28.1 Å². The van der Waals surface area contributed by atoms with Crippen molar-refractivity contribution in [3.63, 3.8) is 0 Å². The Kier molecular flexibility index (Phi) is 11.3. The molecule has 0 aromatic carbocycles. The van der Waals surface area contributed by atoms with Crippen molar-refractivity contribution in [2.45, 2.75) is 0 Å². The van der Waals surface area contributed by atoms with Gasteiger partial charge >= 0.3 is 67.0 Å². The minimum atomic E-state index is -5.05. The summed E-state index contributed by atoms with van der Waals surface area (Å²) in [6.07, 6.45) is 0. The van der Waals surface area contributed by atoms with Gasteiger partial charge in [-0.2, -0.15) is 4.31 Å². The molecule has 0 radical (unpaired) electrons. The molecular weight excluding hydrogens is 248 g/mol. The second kappa shape index (κ2) is 6.61. The summed E-state index contributed by atoms with van der Waals surface area (Å²) >= 11 is 0. The topological polar surface area (TPSA) is 124 Å². The van der Waals surface area contributed by atoms with E-state index in [2.05, 4.69) is 4.31 Å². The quantitative estimate of drug-likeness (QED) is 0.301. The molecule has 0 aliphatic heterocycles. The fraction of sp³-hybridized carbons (Fsp3) is 0. The molecule has 11 heavy (non-hydrogen) atoms. The standard InChI is InChI=1S/ClH.K.H4O7P2.H/c;;1-8(2,3)7-9(4,5)6;/h1H;;(H2,1,2,3)(H2,4,5,6);/q;+1;;-1. The Morgan fingerprint density at radius 1 is 1.00 bits per heavy atom. The van der Waals surface area contributed by atoms with Crippen LogP contribution in [0.25, 0.3) is 0 Å². The van der Waals surface area contributed by atoms with E-state index < -0.39 is 15.6 Å². The van der Waals surface area contributed by atoms with Crippen LogP contribution in [0.3, 0.4) is 0 Å². The maximum atomic E-state index is 9.63. The first kappa shape index (κ1) is 18.9. The molecule has 7 nitrogen and oxygen atoms in total. The minimum absolute atomic E-state index is 0. The van der Waals surface area contributed by atoms with Crippen LogP contribution in [-0.4, -0.2) is 19.6 Å². The molecular formula is H6ClKO7P2. The predicted octanol–water partition coefficient (Wildman–Crippen LogP) is -3.27. The molecule has 0 unspecified atom stereocenters. The molecule has 66 valence electrons. The summed E-state index contributed by atoms with van der Waals surface area (Å²) in [5.41, 5.74) is 0. The Labute approximate surface area is 112 Å². The third-order valence-electron chi connectivity index (χ3n) is 0.213. The molecule has 0 aliphatic carbocycles. The maximum Gasteiger partial charge on any atom is 1.00 e. The van der Waals surface area contributed by atoms with Gasteiger partial charge in [0, 0.05) is 0 Å². The van der Waals surface area contributed by atoms with Gasteiger partial charge in [-0.15, -0.1) is 12.4 Å². The molecule has 4 N–H and O–H groups in total. The number of halogens is 1. The monoisotopic (exact) mass is 254 g/mol. The van der Waals surface area contributed by atoms with E-state index in [-0.39, 0.29) is 65.2 Å². The Balaban J connectivity index is -0.000000107. The van der Waals surface area contributed by atoms with Gasteiger partial charge in [-0.1, -0.05) is 0 Å². The summed E-state index contributed by atoms with van der Waals surface area (Å²) in [5.74, 6) is 0. The number of hydrogen-bond acceptors (Lipinski definition) is 3. The van der Waals surface area contributed by atoms with Gasteiger partial charge in [-0.25, -0.2) is 9.13 Å². The minimum Gasteiger partial charge on any atom is -1.00 e. The Hall–Kier alpha value is 2.19. The summed E-state index contributed by atoms with van der Waals surface area (Å²) < 4.78 is 22.2. The van der Waals surface area contributed by atoms with Gasteiger partial charge in [-0.05, 0) is 0 Å². The van der Waals surface area contributed by atoms with Gasteiger partial charge < -0.3 is 21.0 Å². The van der Waals surface area contributed by atoms with Gasteiger partial charge in [0.25, 0.3) is 0 Å². The van der Waals surface area contributed by atoms with Crippen LogP contribution in [0, 0.1) is 0 Å². The van der Waals surface area contributed by atoms with E-state index in [4.69, 9.17) is 19.6 Å². The zero-order chi connectivity index (χ0) is 7.71. The Bertz CT molecular complexity index is 162. The average Bonchev–Trinajstić information content (AvgIpc) is 1.14. The van der Waals surface area contributed by atoms with Gasteiger partial charge in [0.05, 0.1) is 0 Å². The van der Waals surface area contributed by atoms with Crippen LogP contribution in [0.4, 0.5) is 0 Å². The molecule has 0 heterocycles. The zero-order valence-electron chi connectivity index (χ0n) is 6.32. The van der Waals surface area contributed by atoms with E-state index in [9.17, 15) is 9.13 Å². The second-order valence-electron chi connectivity index (χ2n) is 1.06. The molecule has 0 rings (SSSR count). The fourth-order valence-corrected chi connectivity index (χ4v) is 1.25. The Morgan fingerprint density at radius 2 is 1.18 bits per heavy atom. The number of rotatable bonds is 2. The van der Waals surface area contributed by atoms with Crippen LogP contribution >= 0.6 is 28.1 Å². The first-order chi connectivity index (χ1) is 3.71. The summed E-state index contributed by atoms with van der Waals surface area (Å²) in [6.45, 7) is 0. The van der Waals surface area contributed by atoms with Gasteiger partial charge in [-0.3, -0.25) is 0 Å². The smallest absolute Gasteiger partial charge is 1.00 e. The van der Waals surface area contributed by atoms with Crippen molar-refractivity contribution in [2.24, 2.45) is 0 Å². The third-order valence-corrected chi connectivity index (χ3v) is 1.91. The fourth-order valence-electron chi connectivity index (χ4n) is 0.139. The van der Waals surface area contributed by atoms with Crippen molar-refractivity contribution in [1.29, 1.82) is 0 Å². The molecule has 0 fully saturated rings. The largest absolute Gasteiger partial charge is 1.00 e. The van der Waals surface area contributed by atoms with E-state index in [1.807, 2.05) is 0 Å². The molecule has 0 aliphatic rings. The second-order valence-corrected chi connectivity index (χ2v) is 3.68. The van der Waals surface area contributed by atoms with Crippen molar-refractivity contribution in [1.82, 2.24) is 0 Å². The van der Waals surface area contributed by atoms with Crippen LogP contribution in [0.5, 0.6) is 0 Å². The first-order valence-electron chi connectivity index (χ1n) is 1.53. The van der Waals surface area contributed by atoms with Gasteiger partial charge in [0.15, 0.2) is 0 Å². The van der Waals surface area contributed by atoms with Crippen LogP contribution in [-0.2, 0) is 13.4 Å². The molecule has 0 amide bonds. The van der Waals surface area contributed by atoms with E-state index in [1.54, 1.807) is 0 Å². The molecule has 0 saturated heterocycles. The molecule has 0 aromatic heterocycles. The third kappa shape index (κ3) is 18.9. The summed E-state index contributed by atoms with van der Waals surface area (Å²) in [7, 11) is -10.1. The van der Waals surface area contributed by atoms with Crippen LogP contribution < -0.4 is 51.4 Å². The van der Waals surface area contributed by atoms with E-state index in [1.165, 1.54) is 0 Å².